The van der Waals surface area contributed by atoms with Crippen molar-refractivity contribution in [2.75, 3.05) is 6.61 Å². The first-order valence-electron chi connectivity index (χ1n) is 4.30. The maximum Gasteiger partial charge on any atom is 0.192 e. The summed E-state index contributed by atoms with van der Waals surface area (Å²) in [4.78, 5) is 3.17. The molecule has 0 amide bonds. The molecule has 0 aliphatic carbocycles. The van der Waals surface area contributed by atoms with Crippen molar-refractivity contribution in [1.29, 1.82) is 0 Å². The van der Waals surface area contributed by atoms with Crippen LogP contribution in [0.4, 0.5) is 0 Å². The highest BCUT2D eigenvalue weighted by Crippen LogP contribution is 2.23. The van der Waals surface area contributed by atoms with Crippen molar-refractivity contribution >= 4 is 0 Å². The zero-order valence-corrected chi connectivity index (χ0v) is 8.35. The number of H-pyrrole nitrogens is 1. The highest BCUT2D eigenvalue weighted by molar-refractivity contribution is 5.23. The quantitative estimate of drug-likeness (QED) is 0.689. The normalized spacial score (nSPS) is 10.9. The van der Waals surface area contributed by atoms with Crippen LogP contribution in [0.1, 0.15) is 26.5 Å². The molecule has 0 atom stereocenters. The van der Waals surface area contributed by atoms with E-state index in [4.69, 9.17) is 11.2 Å². The Hall–Kier alpha value is -1.36. The molecule has 0 aromatic carbocycles. The summed E-state index contributed by atoms with van der Waals surface area (Å²) in [6.45, 7) is 6.74. The predicted octanol–water partition coefficient (Wildman–Crippen LogP) is 2.32. The van der Waals surface area contributed by atoms with Crippen LogP contribution in [-0.2, 0) is 5.41 Å². The Kier molecular flexibility index (Phi) is 2.67. The van der Waals surface area contributed by atoms with E-state index in [1.807, 2.05) is 12.1 Å². The van der Waals surface area contributed by atoms with Gasteiger partial charge in [-0.15, -0.1) is 6.42 Å². The second-order valence-corrected chi connectivity index (χ2v) is 3.98. The number of rotatable bonds is 2. The van der Waals surface area contributed by atoms with E-state index in [0.717, 1.165) is 11.6 Å². The van der Waals surface area contributed by atoms with Gasteiger partial charge in [0, 0.05) is 11.1 Å². The molecule has 0 saturated heterocycles. The average Bonchev–Trinajstić information content (AvgIpc) is 2.47. The van der Waals surface area contributed by atoms with Crippen LogP contribution in [0.5, 0.6) is 5.88 Å². The summed E-state index contributed by atoms with van der Waals surface area (Å²) >= 11 is 0. The molecule has 0 bridgehead atoms. The minimum Gasteiger partial charge on any atom is -0.466 e. The van der Waals surface area contributed by atoms with E-state index in [2.05, 4.69) is 31.7 Å². The second kappa shape index (κ2) is 3.57. The molecule has 0 radical (unpaired) electrons. The van der Waals surface area contributed by atoms with Gasteiger partial charge in [-0.3, -0.25) is 0 Å². The van der Waals surface area contributed by atoms with Crippen molar-refractivity contribution in [2.45, 2.75) is 26.2 Å². The summed E-state index contributed by atoms with van der Waals surface area (Å²) in [5.74, 6) is 3.16. The smallest absolute Gasteiger partial charge is 0.192 e. The molecule has 70 valence electrons. The highest BCUT2D eigenvalue weighted by Gasteiger charge is 2.15. The molecule has 2 nitrogen and oxygen atoms in total. The summed E-state index contributed by atoms with van der Waals surface area (Å²) in [6, 6.07) is 3.92. The average molecular weight is 177 g/mol. The number of terminal acetylenes is 1. The summed E-state index contributed by atoms with van der Waals surface area (Å²) in [5, 5.41) is 0. The van der Waals surface area contributed by atoms with Crippen LogP contribution in [0.25, 0.3) is 0 Å². The van der Waals surface area contributed by atoms with Crippen molar-refractivity contribution in [3.05, 3.63) is 17.8 Å². The first-order chi connectivity index (χ1) is 6.04. The maximum atomic E-state index is 5.24. The van der Waals surface area contributed by atoms with E-state index in [1.54, 1.807) is 0 Å². The highest BCUT2D eigenvalue weighted by atomic mass is 16.5. The molecule has 0 aliphatic rings. The van der Waals surface area contributed by atoms with E-state index in [9.17, 15) is 0 Å². The van der Waals surface area contributed by atoms with Crippen LogP contribution in [0.3, 0.4) is 0 Å². The molecule has 2 heteroatoms. The van der Waals surface area contributed by atoms with Crippen LogP contribution in [0.15, 0.2) is 12.1 Å². The molecule has 0 saturated carbocycles. The molecule has 1 heterocycles. The lowest BCUT2D eigenvalue weighted by Gasteiger charge is -2.15. The van der Waals surface area contributed by atoms with Gasteiger partial charge in [0.05, 0.1) is 0 Å². The fourth-order valence-corrected chi connectivity index (χ4v) is 1.02. The van der Waals surface area contributed by atoms with Crippen molar-refractivity contribution in [3.63, 3.8) is 0 Å². The monoisotopic (exact) mass is 177 g/mol. The molecule has 0 spiro atoms. The van der Waals surface area contributed by atoms with E-state index in [0.29, 0.717) is 6.61 Å². The second-order valence-electron chi connectivity index (χ2n) is 3.98. The van der Waals surface area contributed by atoms with Gasteiger partial charge in [0.2, 0.25) is 0 Å². The molecule has 1 rings (SSSR count). The topological polar surface area (TPSA) is 25.0 Å². The van der Waals surface area contributed by atoms with Gasteiger partial charge in [0.15, 0.2) is 5.88 Å². The lowest BCUT2D eigenvalue weighted by Crippen LogP contribution is -2.11. The number of hydrogen-bond acceptors (Lipinski definition) is 1. The first-order valence-corrected chi connectivity index (χ1v) is 4.30. The Morgan fingerprint density at radius 3 is 2.62 bits per heavy atom. The van der Waals surface area contributed by atoms with Crippen LogP contribution < -0.4 is 4.74 Å². The van der Waals surface area contributed by atoms with Crippen LogP contribution >= 0.6 is 0 Å². The molecular weight excluding hydrogens is 162 g/mol. The summed E-state index contributed by atoms with van der Waals surface area (Å²) in [6.07, 6.45) is 5.08. The van der Waals surface area contributed by atoms with Gasteiger partial charge in [-0.05, 0) is 12.1 Å². The van der Waals surface area contributed by atoms with E-state index in [1.165, 1.54) is 0 Å². The molecule has 0 unspecified atom stereocenters. The molecular formula is C11H15NO. The van der Waals surface area contributed by atoms with Gasteiger partial charge >= 0.3 is 0 Å². The van der Waals surface area contributed by atoms with Gasteiger partial charge in [0.25, 0.3) is 0 Å². The standard InChI is InChI=1S/C11H15NO/c1-5-8-13-10-7-6-9(12-10)11(2,3)4/h1,6-7,12H,8H2,2-4H3. The van der Waals surface area contributed by atoms with Crippen LogP contribution in [0.2, 0.25) is 0 Å². The van der Waals surface area contributed by atoms with Crippen LogP contribution in [-0.4, -0.2) is 11.6 Å². The van der Waals surface area contributed by atoms with Gasteiger partial charge in [0.1, 0.15) is 6.61 Å². The molecule has 1 aromatic rings. The van der Waals surface area contributed by atoms with Crippen molar-refractivity contribution in [2.24, 2.45) is 0 Å². The fourth-order valence-electron chi connectivity index (χ4n) is 1.02. The van der Waals surface area contributed by atoms with Crippen LogP contribution in [0, 0.1) is 12.3 Å². The fraction of sp³-hybridized carbons (Fsp3) is 0.455. The largest absolute Gasteiger partial charge is 0.466 e. The number of hydrogen-bond donors (Lipinski definition) is 1. The minimum absolute atomic E-state index is 0.123. The molecule has 0 aliphatic heterocycles. The number of nitrogens with one attached hydrogen (secondary N) is 1. The minimum atomic E-state index is 0.123. The van der Waals surface area contributed by atoms with Gasteiger partial charge in [-0.2, -0.15) is 0 Å². The Labute approximate surface area is 79.3 Å². The lowest BCUT2D eigenvalue weighted by atomic mass is 9.93. The SMILES string of the molecule is C#CCOc1ccc(C(C)(C)C)[nH]1. The molecule has 1 N–H and O–H groups in total. The Bertz CT molecular complexity index is 312. The summed E-state index contributed by atoms with van der Waals surface area (Å²) < 4.78 is 5.24. The molecule has 1 aromatic heterocycles. The van der Waals surface area contributed by atoms with Crippen molar-refractivity contribution in [3.8, 4) is 18.2 Å². The zero-order valence-electron chi connectivity index (χ0n) is 8.35. The third-order valence-corrected chi connectivity index (χ3v) is 1.78. The first kappa shape index (κ1) is 9.73. The Morgan fingerprint density at radius 1 is 1.46 bits per heavy atom. The van der Waals surface area contributed by atoms with Gasteiger partial charge in [-0.1, -0.05) is 26.7 Å². The Morgan fingerprint density at radius 2 is 2.15 bits per heavy atom. The number of ether oxygens (including phenoxy) is 1. The number of aromatic nitrogens is 1. The summed E-state index contributed by atoms with van der Waals surface area (Å²) in [5.41, 5.74) is 1.28. The van der Waals surface area contributed by atoms with E-state index in [-0.39, 0.29) is 5.41 Å². The molecule has 13 heavy (non-hydrogen) atoms. The van der Waals surface area contributed by atoms with E-state index < -0.39 is 0 Å². The lowest BCUT2D eigenvalue weighted by molar-refractivity contribution is 0.355. The van der Waals surface area contributed by atoms with Crippen molar-refractivity contribution in [1.82, 2.24) is 4.98 Å². The Balaban J connectivity index is 2.71. The third-order valence-electron chi connectivity index (χ3n) is 1.78. The summed E-state index contributed by atoms with van der Waals surface area (Å²) in [7, 11) is 0. The van der Waals surface area contributed by atoms with Gasteiger partial charge in [-0.25, -0.2) is 0 Å². The molecule has 0 fully saturated rings. The number of aromatic amines is 1. The van der Waals surface area contributed by atoms with E-state index >= 15 is 0 Å². The van der Waals surface area contributed by atoms with Crippen molar-refractivity contribution < 1.29 is 4.74 Å². The third kappa shape index (κ3) is 2.55. The maximum absolute atomic E-state index is 5.24. The zero-order chi connectivity index (χ0) is 9.90. The predicted molar refractivity (Wildman–Crippen MR) is 53.8 cm³/mol. The van der Waals surface area contributed by atoms with Gasteiger partial charge < -0.3 is 9.72 Å².